The van der Waals surface area contributed by atoms with E-state index in [0.717, 1.165) is 6.42 Å². The summed E-state index contributed by atoms with van der Waals surface area (Å²) in [6, 6.07) is 0. The first-order valence-electron chi connectivity index (χ1n) is 6.35. The van der Waals surface area contributed by atoms with Gasteiger partial charge in [-0.2, -0.15) is 0 Å². The highest BCUT2D eigenvalue weighted by atomic mass is 127. The predicted molar refractivity (Wildman–Crippen MR) is 87.2 cm³/mol. The molecule has 0 N–H and O–H groups in total. The van der Waals surface area contributed by atoms with E-state index in [1.54, 1.807) is 0 Å². The van der Waals surface area contributed by atoms with Gasteiger partial charge < -0.3 is 4.43 Å². The molecule has 0 bridgehead atoms. The highest BCUT2D eigenvalue weighted by Crippen LogP contribution is 2.40. The van der Waals surface area contributed by atoms with Gasteiger partial charge in [0.25, 0.3) is 0 Å². The van der Waals surface area contributed by atoms with Gasteiger partial charge >= 0.3 is 0 Å². The smallest absolute Gasteiger partial charge is 0.192 e. The SMILES string of the molecule is C=C1/C(=C\I)CCCC1O[Si](C)(C)C(C)(C)C. The van der Waals surface area contributed by atoms with E-state index in [2.05, 4.69) is 67.1 Å². The molecule has 1 aliphatic rings. The third kappa shape index (κ3) is 3.67. The Kier molecular flexibility index (Phi) is 5.06. The van der Waals surface area contributed by atoms with Crippen molar-refractivity contribution in [1.29, 1.82) is 0 Å². The molecule has 0 aromatic heterocycles. The van der Waals surface area contributed by atoms with E-state index < -0.39 is 8.32 Å². The van der Waals surface area contributed by atoms with E-state index in [9.17, 15) is 0 Å². The first-order valence-corrected chi connectivity index (χ1v) is 10.5. The summed E-state index contributed by atoms with van der Waals surface area (Å²) in [7, 11) is -1.67. The molecule has 98 valence electrons. The molecule has 1 rings (SSSR count). The molecule has 0 heterocycles. The van der Waals surface area contributed by atoms with E-state index in [1.165, 1.54) is 24.0 Å². The van der Waals surface area contributed by atoms with Crippen LogP contribution in [-0.4, -0.2) is 14.4 Å². The van der Waals surface area contributed by atoms with Crippen LogP contribution in [0.2, 0.25) is 18.1 Å². The molecular weight excluding hydrogens is 339 g/mol. The Labute approximate surface area is 121 Å². The molecule has 1 nitrogen and oxygen atoms in total. The van der Waals surface area contributed by atoms with Crippen LogP contribution in [-0.2, 0) is 4.43 Å². The molecule has 17 heavy (non-hydrogen) atoms. The van der Waals surface area contributed by atoms with E-state index in [-0.39, 0.29) is 11.1 Å². The van der Waals surface area contributed by atoms with Gasteiger partial charge in [-0.25, -0.2) is 0 Å². The van der Waals surface area contributed by atoms with Crippen molar-refractivity contribution in [3.63, 3.8) is 0 Å². The van der Waals surface area contributed by atoms with Gasteiger partial charge in [-0.1, -0.05) is 49.9 Å². The number of rotatable bonds is 2. The Morgan fingerprint density at radius 3 is 2.47 bits per heavy atom. The van der Waals surface area contributed by atoms with Gasteiger partial charge in [-0.15, -0.1) is 0 Å². The molecule has 0 saturated heterocycles. The monoisotopic (exact) mass is 364 g/mol. The molecule has 0 aliphatic heterocycles. The normalized spacial score (nSPS) is 25.4. The van der Waals surface area contributed by atoms with Gasteiger partial charge in [0.1, 0.15) is 0 Å². The summed E-state index contributed by atoms with van der Waals surface area (Å²) in [5, 5.41) is 0.277. The maximum absolute atomic E-state index is 6.48. The Morgan fingerprint density at radius 2 is 2.00 bits per heavy atom. The van der Waals surface area contributed by atoms with E-state index in [4.69, 9.17) is 4.43 Å². The van der Waals surface area contributed by atoms with Crippen LogP contribution in [0.3, 0.4) is 0 Å². The van der Waals surface area contributed by atoms with Crippen LogP contribution in [0.15, 0.2) is 21.8 Å². The van der Waals surface area contributed by atoms with E-state index in [1.807, 2.05) is 0 Å². The summed E-state index contributed by atoms with van der Waals surface area (Å²) in [6.07, 6.45) is 3.79. The Morgan fingerprint density at radius 1 is 1.41 bits per heavy atom. The Bertz CT molecular complexity index is 326. The maximum atomic E-state index is 6.48. The fourth-order valence-electron chi connectivity index (χ4n) is 1.81. The second-order valence-electron chi connectivity index (χ2n) is 6.42. The fraction of sp³-hybridized carbons (Fsp3) is 0.714. The molecule has 0 amide bonds. The standard InChI is InChI=1S/C14H25IOSi/c1-11-12(10-15)8-7-9-13(11)16-17(5,6)14(2,3)4/h10,13H,1,7-9H2,2-6H3/b12-10-. The average molecular weight is 364 g/mol. The van der Waals surface area contributed by atoms with Gasteiger partial charge in [0, 0.05) is 0 Å². The fourth-order valence-corrected chi connectivity index (χ4v) is 3.84. The first-order chi connectivity index (χ1) is 7.69. The molecule has 1 fully saturated rings. The van der Waals surface area contributed by atoms with Crippen LogP contribution in [0.5, 0.6) is 0 Å². The zero-order chi connectivity index (χ0) is 13.3. The van der Waals surface area contributed by atoms with Crippen LogP contribution in [0.4, 0.5) is 0 Å². The summed E-state index contributed by atoms with van der Waals surface area (Å²) in [6.45, 7) is 15.8. The maximum Gasteiger partial charge on any atom is 0.192 e. The predicted octanol–water partition coefficient (Wildman–Crippen LogP) is 5.44. The molecule has 0 spiro atoms. The lowest BCUT2D eigenvalue weighted by atomic mass is 9.89. The zero-order valence-corrected chi connectivity index (χ0v) is 14.9. The minimum absolute atomic E-state index is 0.255. The van der Waals surface area contributed by atoms with Gasteiger partial charge in [0.15, 0.2) is 8.32 Å². The molecule has 1 aliphatic carbocycles. The topological polar surface area (TPSA) is 9.23 Å². The van der Waals surface area contributed by atoms with E-state index >= 15 is 0 Å². The highest BCUT2D eigenvalue weighted by Gasteiger charge is 2.40. The van der Waals surface area contributed by atoms with Gasteiger partial charge in [0.05, 0.1) is 6.10 Å². The average Bonchev–Trinajstić information content (AvgIpc) is 2.19. The summed E-state index contributed by atoms with van der Waals surface area (Å²) in [5.74, 6) is 0. The van der Waals surface area contributed by atoms with Crippen molar-refractivity contribution in [3.8, 4) is 0 Å². The second kappa shape index (κ2) is 5.57. The van der Waals surface area contributed by atoms with Crippen LogP contribution >= 0.6 is 22.6 Å². The molecule has 0 aromatic carbocycles. The van der Waals surface area contributed by atoms with E-state index in [0.29, 0.717) is 0 Å². The molecule has 1 saturated carbocycles. The van der Waals surface area contributed by atoms with Crippen LogP contribution < -0.4 is 0 Å². The number of halogens is 1. The van der Waals surface area contributed by atoms with Crippen molar-refractivity contribution in [2.75, 3.05) is 0 Å². The Hall–Kier alpha value is 0.387. The first kappa shape index (κ1) is 15.4. The minimum Gasteiger partial charge on any atom is -0.410 e. The quantitative estimate of drug-likeness (QED) is 0.469. The summed E-state index contributed by atoms with van der Waals surface area (Å²) < 4.78 is 8.65. The largest absolute Gasteiger partial charge is 0.410 e. The van der Waals surface area contributed by atoms with Crippen molar-refractivity contribution in [2.45, 2.75) is 64.3 Å². The number of hydrogen-bond donors (Lipinski definition) is 0. The molecule has 0 radical (unpaired) electrons. The van der Waals surface area contributed by atoms with Crippen molar-refractivity contribution in [3.05, 3.63) is 21.8 Å². The van der Waals surface area contributed by atoms with Crippen LogP contribution in [0, 0.1) is 0 Å². The lowest BCUT2D eigenvalue weighted by Gasteiger charge is -2.41. The Balaban J connectivity index is 2.78. The minimum atomic E-state index is -1.67. The van der Waals surface area contributed by atoms with Crippen molar-refractivity contribution in [2.24, 2.45) is 0 Å². The summed E-state index contributed by atoms with van der Waals surface area (Å²) in [4.78, 5) is 0. The molecule has 0 aromatic rings. The zero-order valence-electron chi connectivity index (χ0n) is 11.8. The highest BCUT2D eigenvalue weighted by molar-refractivity contribution is 14.1. The molecule has 3 heteroatoms. The summed E-state index contributed by atoms with van der Waals surface area (Å²) in [5.41, 5.74) is 2.61. The van der Waals surface area contributed by atoms with Crippen LogP contribution in [0.1, 0.15) is 40.0 Å². The number of hydrogen-bond acceptors (Lipinski definition) is 1. The van der Waals surface area contributed by atoms with Crippen molar-refractivity contribution >= 4 is 30.9 Å². The lowest BCUT2D eigenvalue weighted by Crippen LogP contribution is -2.45. The van der Waals surface area contributed by atoms with Crippen molar-refractivity contribution < 1.29 is 4.43 Å². The van der Waals surface area contributed by atoms with Gasteiger partial charge in [-0.05, 0) is 52.6 Å². The van der Waals surface area contributed by atoms with Crippen LogP contribution in [0.25, 0.3) is 0 Å². The lowest BCUT2D eigenvalue weighted by molar-refractivity contribution is 0.195. The third-order valence-electron chi connectivity index (χ3n) is 4.09. The molecular formula is C14H25IOSi. The van der Waals surface area contributed by atoms with Gasteiger partial charge in [0.2, 0.25) is 0 Å². The third-order valence-corrected chi connectivity index (χ3v) is 9.33. The van der Waals surface area contributed by atoms with Crippen molar-refractivity contribution in [1.82, 2.24) is 0 Å². The summed E-state index contributed by atoms with van der Waals surface area (Å²) >= 11 is 2.32. The second-order valence-corrected chi connectivity index (χ2v) is 11.8. The molecule has 1 atom stereocenters. The van der Waals surface area contributed by atoms with Gasteiger partial charge in [-0.3, -0.25) is 0 Å². The molecule has 1 unspecified atom stereocenters.